The lowest BCUT2D eigenvalue weighted by Crippen LogP contribution is -2.13. The van der Waals surface area contributed by atoms with E-state index < -0.39 is 5.97 Å². The maximum atomic E-state index is 11.6. The van der Waals surface area contributed by atoms with Crippen molar-refractivity contribution in [2.75, 3.05) is 0 Å². The molecular weight excluding hydrogens is 285 g/mol. The van der Waals surface area contributed by atoms with Crippen LogP contribution < -0.4 is 0 Å². The van der Waals surface area contributed by atoms with E-state index in [9.17, 15) is 9.90 Å². The number of pyridine rings is 1. The van der Waals surface area contributed by atoms with Gasteiger partial charge in [0.05, 0.1) is 21.1 Å². The quantitative estimate of drug-likeness (QED) is 0.861. The minimum absolute atomic E-state index is 0.271. The van der Waals surface area contributed by atoms with Gasteiger partial charge in [0.1, 0.15) is 0 Å². The van der Waals surface area contributed by atoms with E-state index in [1.165, 1.54) is 0 Å². The van der Waals surface area contributed by atoms with Gasteiger partial charge in [-0.25, -0.2) is 4.79 Å². The van der Waals surface area contributed by atoms with Crippen LogP contribution in [0.3, 0.4) is 0 Å². The standard InChI is InChI=1S/C14H11Cl2NO2/c15-8-5-6-9(16)13-12(8)11(14(18)19)7-3-1-2-4-10(7)17-13/h5-6H,1-4H2,(H,18,19). The second-order valence-electron chi connectivity index (χ2n) is 4.68. The lowest BCUT2D eigenvalue weighted by molar-refractivity contribution is 0.0697. The number of hydrogen-bond donors (Lipinski definition) is 1. The number of fused-ring (bicyclic) bond motifs is 2. The molecule has 2 aromatic rings. The van der Waals surface area contributed by atoms with Gasteiger partial charge in [0, 0.05) is 11.1 Å². The fourth-order valence-corrected chi connectivity index (χ4v) is 3.14. The molecule has 1 aromatic heterocycles. The zero-order chi connectivity index (χ0) is 13.6. The number of carboxylic acid groups (broad SMARTS) is 1. The molecule has 1 aliphatic rings. The average Bonchev–Trinajstić information content (AvgIpc) is 2.40. The molecule has 3 nitrogen and oxygen atoms in total. The Balaban J connectivity index is 2.50. The van der Waals surface area contributed by atoms with Gasteiger partial charge in [-0.2, -0.15) is 0 Å². The van der Waals surface area contributed by atoms with Crippen LogP contribution in [-0.4, -0.2) is 16.1 Å². The van der Waals surface area contributed by atoms with Crippen LogP contribution in [0.25, 0.3) is 10.9 Å². The molecule has 0 fully saturated rings. The molecule has 98 valence electrons. The maximum Gasteiger partial charge on any atom is 0.336 e. The second-order valence-corrected chi connectivity index (χ2v) is 5.49. The molecule has 3 rings (SSSR count). The Hall–Kier alpha value is -1.32. The Morgan fingerprint density at radius 2 is 1.84 bits per heavy atom. The lowest BCUT2D eigenvalue weighted by atomic mass is 9.90. The number of hydrogen-bond acceptors (Lipinski definition) is 2. The van der Waals surface area contributed by atoms with Crippen LogP contribution in [0.5, 0.6) is 0 Å². The zero-order valence-electron chi connectivity index (χ0n) is 10.0. The summed E-state index contributed by atoms with van der Waals surface area (Å²) in [7, 11) is 0. The fourth-order valence-electron chi connectivity index (χ4n) is 2.69. The molecule has 5 heteroatoms. The molecule has 0 spiro atoms. The van der Waals surface area contributed by atoms with Crippen molar-refractivity contribution in [3.8, 4) is 0 Å². The van der Waals surface area contributed by atoms with Gasteiger partial charge in [0.25, 0.3) is 0 Å². The summed E-state index contributed by atoms with van der Waals surface area (Å²) in [6.07, 6.45) is 3.55. The minimum Gasteiger partial charge on any atom is -0.478 e. The van der Waals surface area contributed by atoms with Crippen LogP contribution in [0.4, 0.5) is 0 Å². The monoisotopic (exact) mass is 295 g/mol. The maximum absolute atomic E-state index is 11.6. The number of rotatable bonds is 1. The second kappa shape index (κ2) is 4.66. The zero-order valence-corrected chi connectivity index (χ0v) is 11.6. The van der Waals surface area contributed by atoms with E-state index in [0.717, 1.165) is 36.9 Å². The van der Waals surface area contributed by atoms with Crippen molar-refractivity contribution in [3.05, 3.63) is 39.0 Å². The van der Waals surface area contributed by atoms with Crippen molar-refractivity contribution >= 4 is 40.1 Å². The summed E-state index contributed by atoms with van der Waals surface area (Å²) in [5, 5.41) is 10.8. The normalized spacial score (nSPS) is 14.4. The molecule has 1 heterocycles. The third-order valence-electron chi connectivity index (χ3n) is 3.53. The largest absolute Gasteiger partial charge is 0.478 e. The predicted molar refractivity (Wildman–Crippen MR) is 75.4 cm³/mol. The van der Waals surface area contributed by atoms with Crippen molar-refractivity contribution in [2.24, 2.45) is 0 Å². The van der Waals surface area contributed by atoms with Gasteiger partial charge in [-0.3, -0.25) is 4.98 Å². The van der Waals surface area contributed by atoms with Gasteiger partial charge >= 0.3 is 5.97 Å². The third-order valence-corrected chi connectivity index (χ3v) is 4.15. The summed E-state index contributed by atoms with van der Waals surface area (Å²) in [5.74, 6) is -0.963. The fraction of sp³-hybridized carbons (Fsp3) is 0.286. The van der Waals surface area contributed by atoms with E-state index in [4.69, 9.17) is 23.2 Å². The van der Waals surface area contributed by atoms with E-state index in [1.807, 2.05) is 0 Å². The number of carboxylic acids is 1. The molecule has 0 amide bonds. The number of halogens is 2. The van der Waals surface area contributed by atoms with E-state index in [-0.39, 0.29) is 5.56 Å². The Morgan fingerprint density at radius 1 is 1.16 bits per heavy atom. The molecule has 0 atom stereocenters. The number of nitrogens with zero attached hydrogens (tertiary/aromatic N) is 1. The highest BCUT2D eigenvalue weighted by Crippen LogP contribution is 2.36. The van der Waals surface area contributed by atoms with Gasteiger partial charge in [0.2, 0.25) is 0 Å². The summed E-state index contributed by atoms with van der Waals surface area (Å²) in [4.78, 5) is 16.2. The van der Waals surface area contributed by atoms with Crippen molar-refractivity contribution in [3.63, 3.8) is 0 Å². The van der Waals surface area contributed by atoms with E-state index in [0.29, 0.717) is 20.9 Å². The molecule has 0 radical (unpaired) electrons. The van der Waals surface area contributed by atoms with Crippen molar-refractivity contribution in [2.45, 2.75) is 25.7 Å². The number of aryl methyl sites for hydroxylation is 1. The van der Waals surface area contributed by atoms with Gasteiger partial charge in [-0.1, -0.05) is 23.2 Å². The summed E-state index contributed by atoms with van der Waals surface area (Å²) in [6, 6.07) is 3.27. The lowest BCUT2D eigenvalue weighted by Gasteiger charge is -2.19. The Kier molecular flexibility index (Phi) is 3.11. The first-order chi connectivity index (χ1) is 9.09. The van der Waals surface area contributed by atoms with Gasteiger partial charge in [0.15, 0.2) is 0 Å². The van der Waals surface area contributed by atoms with Crippen LogP contribution in [0.1, 0.15) is 34.5 Å². The molecule has 1 aromatic carbocycles. The summed E-state index contributed by atoms with van der Waals surface area (Å²) >= 11 is 12.3. The molecule has 1 aliphatic carbocycles. The third kappa shape index (κ3) is 1.97. The molecule has 1 N–H and O–H groups in total. The van der Waals surface area contributed by atoms with Gasteiger partial charge < -0.3 is 5.11 Å². The van der Waals surface area contributed by atoms with Crippen molar-refractivity contribution in [1.82, 2.24) is 4.98 Å². The van der Waals surface area contributed by atoms with Crippen LogP contribution in [0, 0.1) is 0 Å². The topological polar surface area (TPSA) is 50.2 Å². The Bertz CT molecular complexity index is 698. The van der Waals surface area contributed by atoms with Crippen LogP contribution in [-0.2, 0) is 12.8 Å². The van der Waals surface area contributed by atoms with Crippen molar-refractivity contribution < 1.29 is 9.90 Å². The first kappa shape index (κ1) is 12.7. The van der Waals surface area contributed by atoms with Crippen LogP contribution in [0.2, 0.25) is 10.0 Å². The van der Waals surface area contributed by atoms with Crippen LogP contribution in [0.15, 0.2) is 12.1 Å². The summed E-state index contributed by atoms with van der Waals surface area (Å²) in [6.45, 7) is 0. The van der Waals surface area contributed by atoms with Gasteiger partial charge in [-0.05, 0) is 43.4 Å². The molecule has 19 heavy (non-hydrogen) atoms. The van der Waals surface area contributed by atoms with Gasteiger partial charge in [-0.15, -0.1) is 0 Å². The number of aromatic nitrogens is 1. The smallest absolute Gasteiger partial charge is 0.336 e. The van der Waals surface area contributed by atoms with Crippen LogP contribution >= 0.6 is 23.2 Å². The summed E-state index contributed by atoms with van der Waals surface area (Å²) < 4.78 is 0. The highest BCUT2D eigenvalue weighted by Gasteiger charge is 2.24. The SMILES string of the molecule is O=C(O)c1c2c(nc3c(Cl)ccc(Cl)c13)CCCC2. The van der Waals surface area contributed by atoms with E-state index in [2.05, 4.69) is 4.98 Å². The number of aromatic carboxylic acids is 1. The first-order valence-electron chi connectivity index (χ1n) is 6.12. The molecule has 0 bridgehead atoms. The molecule has 0 aliphatic heterocycles. The summed E-state index contributed by atoms with van der Waals surface area (Å²) in [5.41, 5.74) is 2.43. The molecule has 0 unspecified atom stereocenters. The highest BCUT2D eigenvalue weighted by atomic mass is 35.5. The first-order valence-corrected chi connectivity index (χ1v) is 6.88. The van der Waals surface area contributed by atoms with Crippen molar-refractivity contribution in [1.29, 1.82) is 0 Å². The highest BCUT2D eigenvalue weighted by molar-refractivity contribution is 6.41. The predicted octanol–water partition coefficient (Wildman–Crippen LogP) is 4.12. The minimum atomic E-state index is -0.963. The Labute approximate surface area is 120 Å². The molecule has 0 saturated carbocycles. The Morgan fingerprint density at radius 3 is 2.58 bits per heavy atom. The molecular formula is C14H11Cl2NO2. The average molecular weight is 296 g/mol. The molecule has 0 saturated heterocycles. The van der Waals surface area contributed by atoms with E-state index >= 15 is 0 Å². The number of benzene rings is 1. The van der Waals surface area contributed by atoms with E-state index in [1.54, 1.807) is 12.1 Å². The number of carbonyl (C=O) groups is 1.